The highest BCUT2D eigenvalue weighted by atomic mass is 32.2. The molecule has 0 aromatic heterocycles. The number of benzene rings is 2. The first-order chi connectivity index (χ1) is 10.8. The fraction of sp³-hybridized carbons (Fsp3) is 0.278. The van der Waals surface area contributed by atoms with Gasteiger partial charge in [-0.3, -0.25) is 0 Å². The molecule has 112 valence electrons. The average Bonchev–Trinajstić information content (AvgIpc) is 2.79. The van der Waals surface area contributed by atoms with Gasteiger partial charge in [0.25, 0.3) is 0 Å². The zero-order chi connectivity index (χ0) is 15.4. The van der Waals surface area contributed by atoms with E-state index in [4.69, 9.17) is 0 Å². The van der Waals surface area contributed by atoms with Gasteiger partial charge in [-0.1, -0.05) is 18.2 Å². The Hall–Kier alpha value is -1.83. The average molecular weight is 312 g/mol. The Morgan fingerprint density at radius 2 is 1.86 bits per heavy atom. The number of halogens is 1. The maximum atomic E-state index is 13.0. The second kappa shape index (κ2) is 6.95. The van der Waals surface area contributed by atoms with E-state index in [1.807, 2.05) is 6.07 Å². The Morgan fingerprint density at radius 3 is 2.64 bits per heavy atom. The minimum absolute atomic E-state index is 0.217. The molecule has 0 atom stereocenters. The van der Waals surface area contributed by atoms with Crippen LogP contribution in [0, 0.1) is 17.1 Å². The van der Waals surface area contributed by atoms with Crippen LogP contribution in [-0.4, -0.2) is 13.1 Å². The molecule has 2 aromatic carbocycles. The van der Waals surface area contributed by atoms with Crippen LogP contribution in [0.1, 0.15) is 22.3 Å². The maximum Gasteiger partial charge on any atom is 0.123 e. The molecule has 22 heavy (non-hydrogen) atoms. The molecule has 0 unspecified atom stereocenters. The summed E-state index contributed by atoms with van der Waals surface area (Å²) in [6.45, 7) is 1.94. The first-order valence-corrected chi connectivity index (χ1v) is 8.39. The molecule has 3 rings (SSSR count). The molecule has 0 saturated heterocycles. The van der Waals surface area contributed by atoms with E-state index >= 15 is 0 Å². The number of hydrogen-bond acceptors (Lipinski definition) is 3. The highest BCUT2D eigenvalue weighted by molar-refractivity contribution is 7.98. The van der Waals surface area contributed by atoms with E-state index in [0.29, 0.717) is 0 Å². The van der Waals surface area contributed by atoms with Gasteiger partial charge in [-0.25, -0.2) is 4.39 Å². The molecule has 1 aliphatic rings. The molecular formula is C18H17FN2S. The van der Waals surface area contributed by atoms with Crippen molar-refractivity contribution in [2.75, 3.05) is 13.1 Å². The smallest absolute Gasteiger partial charge is 0.123 e. The minimum Gasteiger partial charge on any atom is -0.316 e. The first-order valence-electron chi connectivity index (χ1n) is 7.41. The van der Waals surface area contributed by atoms with E-state index in [0.717, 1.165) is 47.7 Å². The van der Waals surface area contributed by atoms with Crippen molar-refractivity contribution in [2.24, 2.45) is 0 Å². The third-order valence-electron chi connectivity index (χ3n) is 3.90. The van der Waals surface area contributed by atoms with Crippen LogP contribution < -0.4 is 5.32 Å². The van der Waals surface area contributed by atoms with Gasteiger partial charge in [-0.15, -0.1) is 11.8 Å². The van der Waals surface area contributed by atoms with Gasteiger partial charge in [0.05, 0.1) is 5.56 Å². The Balaban J connectivity index is 1.88. The van der Waals surface area contributed by atoms with E-state index < -0.39 is 0 Å². The van der Waals surface area contributed by atoms with Crippen molar-refractivity contribution in [1.29, 1.82) is 5.26 Å². The molecule has 0 aliphatic carbocycles. The van der Waals surface area contributed by atoms with Gasteiger partial charge in [0.15, 0.2) is 0 Å². The summed E-state index contributed by atoms with van der Waals surface area (Å²) < 4.78 is 13.0. The van der Waals surface area contributed by atoms with Gasteiger partial charge in [-0.05, 0) is 60.8 Å². The van der Waals surface area contributed by atoms with Crippen LogP contribution in [0.3, 0.4) is 0 Å². The zero-order valence-corrected chi connectivity index (χ0v) is 13.0. The molecule has 1 heterocycles. The molecule has 0 bridgehead atoms. The van der Waals surface area contributed by atoms with E-state index in [2.05, 4.69) is 17.5 Å². The topological polar surface area (TPSA) is 35.8 Å². The normalized spacial score (nSPS) is 14.0. The minimum atomic E-state index is -0.217. The molecule has 2 aromatic rings. The molecule has 0 radical (unpaired) electrons. The summed E-state index contributed by atoms with van der Waals surface area (Å²) >= 11 is 1.68. The Morgan fingerprint density at radius 1 is 1.09 bits per heavy atom. The van der Waals surface area contributed by atoms with Crippen molar-refractivity contribution in [1.82, 2.24) is 5.32 Å². The second-order valence-corrected chi connectivity index (χ2v) is 6.34. The lowest BCUT2D eigenvalue weighted by atomic mass is 10.0. The second-order valence-electron chi connectivity index (χ2n) is 5.36. The van der Waals surface area contributed by atoms with Crippen LogP contribution in [0.25, 0.3) is 0 Å². The fourth-order valence-corrected chi connectivity index (χ4v) is 3.91. The number of fused-ring (bicyclic) bond motifs is 1. The molecular weight excluding hydrogens is 295 g/mol. The molecule has 0 spiro atoms. The standard InChI is InChI=1S/C18H17FN2S/c19-16-5-1-13(2-6-16)12-22-18-15(11-20)4-3-14-7-9-21-10-8-17(14)18/h1-6,21H,7-10,12H2. The number of hydrogen-bond donors (Lipinski definition) is 1. The predicted molar refractivity (Wildman–Crippen MR) is 87.4 cm³/mol. The molecule has 0 amide bonds. The van der Waals surface area contributed by atoms with E-state index in [-0.39, 0.29) is 5.82 Å². The van der Waals surface area contributed by atoms with Crippen LogP contribution in [0.15, 0.2) is 41.3 Å². The van der Waals surface area contributed by atoms with Crippen LogP contribution in [0.2, 0.25) is 0 Å². The van der Waals surface area contributed by atoms with Crippen LogP contribution >= 0.6 is 11.8 Å². The molecule has 2 nitrogen and oxygen atoms in total. The van der Waals surface area contributed by atoms with Crippen molar-refractivity contribution in [2.45, 2.75) is 23.5 Å². The predicted octanol–water partition coefficient (Wildman–Crippen LogP) is 3.68. The van der Waals surface area contributed by atoms with Gasteiger partial charge in [0.1, 0.15) is 11.9 Å². The lowest BCUT2D eigenvalue weighted by Crippen LogP contribution is -2.16. The number of nitrogens with one attached hydrogen (secondary N) is 1. The number of nitrogens with zero attached hydrogens (tertiary/aromatic N) is 1. The molecule has 0 fully saturated rings. The SMILES string of the molecule is N#Cc1ccc2c(c1SCc1ccc(F)cc1)CCNCC2. The summed E-state index contributed by atoms with van der Waals surface area (Å²) in [4.78, 5) is 1.09. The summed E-state index contributed by atoms with van der Waals surface area (Å²) in [6.07, 6.45) is 1.96. The number of nitriles is 1. The van der Waals surface area contributed by atoms with Crippen molar-refractivity contribution < 1.29 is 4.39 Å². The summed E-state index contributed by atoms with van der Waals surface area (Å²) in [5, 5.41) is 12.8. The summed E-state index contributed by atoms with van der Waals surface area (Å²) in [7, 11) is 0. The summed E-state index contributed by atoms with van der Waals surface area (Å²) in [6, 6.07) is 12.9. The largest absolute Gasteiger partial charge is 0.316 e. The number of rotatable bonds is 3. The molecule has 4 heteroatoms. The van der Waals surface area contributed by atoms with Gasteiger partial charge in [-0.2, -0.15) is 5.26 Å². The Bertz CT molecular complexity index is 704. The van der Waals surface area contributed by atoms with Crippen molar-refractivity contribution >= 4 is 11.8 Å². The third kappa shape index (κ3) is 3.32. The Labute approximate surface area is 134 Å². The summed E-state index contributed by atoms with van der Waals surface area (Å²) in [5.41, 5.74) is 4.45. The van der Waals surface area contributed by atoms with Gasteiger partial charge < -0.3 is 5.32 Å². The zero-order valence-electron chi connectivity index (χ0n) is 12.2. The Kier molecular flexibility index (Phi) is 4.77. The maximum absolute atomic E-state index is 13.0. The lowest BCUT2D eigenvalue weighted by molar-refractivity contribution is 0.627. The quantitative estimate of drug-likeness (QED) is 0.878. The number of thioether (sulfide) groups is 1. The molecule has 1 aliphatic heterocycles. The van der Waals surface area contributed by atoms with Gasteiger partial charge >= 0.3 is 0 Å². The van der Waals surface area contributed by atoms with Gasteiger partial charge in [0, 0.05) is 10.6 Å². The lowest BCUT2D eigenvalue weighted by Gasteiger charge is -2.13. The molecule has 0 saturated carbocycles. The van der Waals surface area contributed by atoms with E-state index in [1.165, 1.54) is 23.3 Å². The third-order valence-corrected chi connectivity index (χ3v) is 5.13. The first kappa shape index (κ1) is 15.1. The van der Waals surface area contributed by atoms with Gasteiger partial charge in [0.2, 0.25) is 0 Å². The van der Waals surface area contributed by atoms with Crippen molar-refractivity contribution in [3.63, 3.8) is 0 Å². The highest BCUT2D eigenvalue weighted by Crippen LogP contribution is 2.33. The van der Waals surface area contributed by atoms with Crippen LogP contribution in [0.5, 0.6) is 0 Å². The molecule has 1 N–H and O–H groups in total. The van der Waals surface area contributed by atoms with Crippen LogP contribution in [-0.2, 0) is 18.6 Å². The fourth-order valence-electron chi connectivity index (χ4n) is 2.73. The summed E-state index contributed by atoms with van der Waals surface area (Å²) in [5.74, 6) is 0.532. The van der Waals surface area contributed by atoms with Crippen molar-refractivity contribution in [3.05, 3.63) is 64.5 Å². The van der Waals surface area contributed by atoms with Crippen molar-refractivity contribution in [3.8, 4) is 6.07 Å². The van der Waals surface area contributed by atoms with Crippen LogP contribution in [0.4, 0.5) is 4.39 Å². The van der Waals surface area contributed by atoms with E-state index in [1.54, 1.807) is 23.9 Å². The monoisotopic (exact) mass is 312 g/mol. The van der Waals surface area contributed by atoms with E-state index in [9.17, 15) is 9.65 Å². The highest BCUT2D eigenvalue weighted by Gasteiger charge is 2.16.